The van der Waals surface area contributed by atoms with Crippen LogP contribution in [-0.2, 0) is 9.53 Å². The maximum atomic E-state index is 14.0. The van der Waals surface area contributed by atoms with Gasteiger partial charge in [-0.15, -0.1) is 0 Å². The second kappa shape index (κ2) is 10.9. The van der Waals surface area contributed by atoms with Crippen molar-refractivity contribution in [3.05, 3.63) is 82.6 Å². The Morgan fingerprint density at radius 1 is 1.03 bits per heavy atom. The van der Waals surface area contributed by atoms with E-state index in [1.807, 2.05) is 4.90 Å². The van der Waals surface area contributed by atoms with Crippen molar-refractivity contribution in [1.29, 1.82) is 0 Å². The molecule has 0 aromatic heterocycles. The van der Waals surface area contributed by atoms with Crippen molar-refractivity contribution in [2.45, 2.75) is 13.0 Å². The minimum Gasteiger partial charge on any atom is -0.463 e. The van der Waals surface area contributed by atoms with Crippen LogP contribution in [0.25, 0.3) is 0 Å². The van der Waals surface area contributed by atoms with Crippen molar-refractivity contribution in [2.75, 3.05) is 46.4 Å². The molecule has 1 unspecified atom stereocenters. The fourth-order valence-electron chi connectivity index (χ4n) is 4.46. The number of likely N-dealkylation sites (N-methyl/N-ethyl adjacent to an activating group) is 1. The van der Waals surface area contributed by atoms with Gasteiger partial charge in [0.1, 0.15) is 11.6 Å². The normalized spacial score (nSPS) is 18.8. The first-order valence-corrected chi connectivity index (χ1v) is 11.8. The van der Waals surface area contributed by atoms with Crippen molar-refractivity contribution in [2.24, 2.45) is 0 Å². The van der Waals surface area contributed by atoms with E-state index in [-0.39, 0.29) is 30.2 Å². The van der Waals surface area contributed by atoms with Crippen LogP contribution in [0.3, 0.4) is 0 Å². The summed E-state index contributed by atoms with van der Waals surface area (Å²) in [4.78, 5) is 43.7. The van der Waals surface area contributed by atoms with Gasteiger partial charge in [0.05, 0.1) is 18.2 Å². The van der Waals surface area contributed by atoms with E-state index in [0.717, 1.165) is 0 Å². The molecule has 2 aliphatic heterocycles. The van der Waals surface area contributed by atoms with Crippen LogP contribution in [0.2, 0.25) is 0 Å². The van der Waals surface area contributed by atoms with Crippen LogP contribution >= 0.6 is 0 Å². The quantitative estimate of drug-likeness (QED) is 0.620. The molecule has 1 fully saturated rings. The van der Waals surface area contributed by atoms with E-state index in [1.54, 1.807) is 31.0 Å². The van der Waals surface area contributed by atoms with E-state index >= 15 is 0 Å². The van der Waals surface area contributed by atoms with E-state index in [2.05, 4.69) is 5.32 Å². The van der Waals surface area contributed by atoms with Gasteiger partial charge in [-0.1, -0.05) is 18.2 Å². The van der Waals surface area contributed by atoms with E-state index in [0.29, 0.717) is 37.4 Å². The molecule has 2 aliphatic rings. The van der Waals surface area contributed by atoms with Gasteiger partial charge in [0.25, 0.3) is 5.91 Å². The standard InChI is InChI=1S/C26H28F2N4O4/c1-3-36-25(34)22-21(30(2)26(35)29-23(22)17-6-4-8-19(27)14-17)16-31-10-12-32(13-11-31)24(33)18-7-5-9-20(28)15-18/h4-9,14-15,23H,3,10-13,16H2,1-2H3,(H,29,35). The first-order valence-electron chi connectivity index (χ1n) is 11.8. The van der Waals surface area contributed by atoms with Crippen LogP contribution in [0.15, 0.2) is 59.8 Å². The predicted octanol–water partition coefficient (Wildman–Crippen LogP) is 2.94. The summed E-state index contributed by atoms with van der Waals surface area (Å²) in [5.41, 5.74) is 1.42. The van der Waals surface area contributed by atoms with Gasteiger partial charge in [-0.2, -0.15) is 0 Å². The molecule has 2 aromatic rings. The number of hydrogen-bond acceptors (Lipinski definition) is 5. The lowest BCUT2D eigenvalue weighted by Gasteiger charge is -2.39. The van der Waals surface area contributed by atoms with Gasteiger partial charge in [0.2, 0.25) is 0 Å². The molecule has 1 saturated heterocycles. The molecule has 4 rings (SSSR count). The van der Waals surface area contributed by atoms with Gasteiger partial charge in [0, 0.05) is 51.0 Å². The van der Waals surface area contributed by atoms with Gasteiger partial charge < -0.3 is 15.0 Å². The third kappa shape index (κ3) is 5.38. The fourth-order valence-corrected chi connectivity index (χ4v) is 4.46. The molecule has 0 saturated carbocycles. The first kappa shape index (κ1) is 25.3. The van der Waals surface area contributed by atoms with Crippen molar-refractivity contribution in [3.63, 3.8) is 0 Å². The molecule has 1 N–H and O–H groups in total. The van der Waals surface area contributed by atoms with Gasteiger partial charge in [-0.05, 0) is 42.8 Å². The number of benzene rings is 2. The van der Waals surface area contributed by atoms with E-state index in [9.17, 15) is 23.2 Å². The molecule has 190 valence electrons. The lowest BCUT2D eigenvalue weighted by atomic mass is 9.94. The van der Waals surface area contributed by atoms with Gasteiger partial charge in [-0.3, -0.25) is 14.6 Å². The van der Waals surface area contributed by atoms with Crippen LogP contribution in [0, 0.1) is 11.6 Å². The Balaban J connectivity index is 1.57. The summed E-state index contributed by atoms with van der Waals surface area (Å²) >= 11 is 0. The Morgan fingerprint density at radius 2 is 1.69 bits per heavy atom. The highest BCUT2D eigenvalue weighted by atomic mass is 19.1. The summed E-state index contributed by atoms with van der Waals surface area (Å²) in [5, 5.41) is 2.77. The Bertz CT molecular complexity index is 1190. The molecule has 1 atom stereocenters. The van der Waals surface area contributed by atoms with Crippen molar-refractivity contribution >= 4 is 17.9 Å². The number of carbonyl (C=O) groups excluding carboxylic acids is 3. The second-order valence-electron chi connectivity index (χ2n) is 8.66. The van der Waals surface area contributed by atoms with E-state index in [4.69, 9.17) is 4.74 Å². The molecular weight excluding hydrogens is 470 g/mol. The molecule has 8 nitrogen and oxygen atoms in total. The first-order chi connectivity index (χ1) is 17.3. The number of piperazine rings is 1. The maximum absolute atomic E-state index is 14.0. The number of nitrogens with one attached hydrogen (secondary N) is 1. The maximum Gasteiger partial charge on any atom is 0.338 e. The van der Waals surface area contributed by atoms with Gasteiger partial charge >= 0.3 is 12.0 Å². The number of urea groups is 1. The fraction of sp³-hybridized carbons (Fsp3) is 0.346. The highest BCUT2D eigenvalue weighted by Gasteiger charge is 2.38. The Labute approximate surface area is 208 Å². The van der Waals surface area contributed by atoms with E-state index in [1.165, 1.54) is 41.3 Å². The number of ether oxygens (including phenoxy) is 1. The minimum atomic E-state index is -0.866. The molecule has 3 amide bonds. The topological polar surface area (TPSA) is 82.2 Å². The highest BCUT2D eigenvalue weighted by molar-refractivity contribution is 5.95. The zero-order valence-electron chi connectivity index (χ0n) is 20.2. The lowest BCUT2D eigenvalue weighted by molar-refractivity contribution is -0.139. The number of carbonyl (C=O) groups is 3. The van der Waals surface area contributed by atoms with Crippen molar-refractivity contribution < 1.29 is 27.9 Å². The monoisotopic (exact) mass is 498 g/mol. The third-order valence-electron chi connectivity index (χ3n) is 6.36. The SMILES string of the molecule is CCOC(=O)C1=C(CN2CCN(C(=O)c3cccc(F)c3)CC2)N(C)C(=O)NC1c1cccc(F)c1. The summed E-state index contributed by atoms with van der Waals surface area (Å²) in [6.45, 7) is 3.87. The zero-order chi connectivity index (χ0) is 25.8. The molecule has 2 aromatic carbocycles. The molecule has 10 heteroatoms. The number of amides is 3. The van der Waals surface area contributed by atoms with Gasteiger partial charge in [0.15, 0.2) is 0 Å². The van der Waals surface area contributed by atoms with Crippen LogP contribution in [-0.4, -0.2) is 79.0 Å². The molecular formula is C26H28F2N4O4. The van der Waals surface area contributed by atoms with Crippen LogP contribution in [0.1, 0.15) is 28.9 Å². The molecule has 36 heavy (non-hydrogen) atoms. The number of esters is 1. The minimum absolute atomic E-state index is 0.143. The summed E-state index contributed by atoms with van der Waals surface area (Å²) in [6, 6.07) is 10.0. The summed E-state index contributed by atoms with van der Waals surface area (Å²) in [7, 11) is 1.56. The second-order valence-corrected chi connectivity index (χ2v) is 8.66. The van der Waals surface area contributed by atoms with Crippen LogP contribution in [0.5, 0.6) is 0 Å². The predicted molar refractivity (Wildman–Crippen MR) is 128 cm³/mol. The number of halogens is 2. The molecule has 0 aliphatic carbocycles. The Hall–Kier alpha value is -3.79. The average molecular weight is 499 g/mol. The van der Waals surface area contributed by atoms with Crippen molar-refractivity contribution in [3.8, 4) is 0 Å². The molecule has 2 heterocycles. The molecule has 0 bridgehead atoms. The van der Waals surface area contributed by atoms with Crippen LogP contribution in [0.4, 0.5) is 13.6 Å². The number of rotatable bonds is 6. The number of nitrogens with zero attached hydrogens (tertiary/aromatic N) is 3. The summed E-state index contributed by atoms with van der Waals surface area (Å²) in [5.74, 6) is -1.79. The average Bonchev–Trinajstić information content (AvgIpc) is 2.86. The van der Waals surface area contributed by atoms with Gasteiger partial charge in [-0.25, -0.2) is 18.4 Å². The molecule has 0 radical (unpaired) electrons. The Morgan fingerprint density at radius 3 is 2.33 bits per heavy atom. The lowest BCUT2D eigenvalue weighted by Crippen LogP contribution is -2.53. The third-order valence-corrected chi connectivity index (χ3v) is 6.36. The number of hydrogen-bond donors (Lipinski definition) is 1. The van der Waals surface area contributed by atoms with Crippen LogP contribution < -0.4 is 5.32 Å². The van der Waals surface area contributed by atoms with E-state index < -0.39 is 29.7 Å². The van der Waals surface area contributed by atoms with Crippen molar-refractivity contribution in [1.82, 2.24) is 20.0 Å². The smallest absolute Gasteiger partial charge is 0.338 e. The molecule has 0 spiro atoms. The summed E-state index contributed by atoms with van der Waals surface area (Å²) < 4.78 is 32.8. The summed E-state index contributed by atoms with van der Waals surface area (Å²) in [6.07, 6.45) is 0. The largest absolute Gasteiger partial charge is 0.463 e. The Kier molecular flexibility index (Phi) is 7.64. The highest BCUT2D eigenvalue weighted by Crippen LogP contribution is 2.32. The zero-order valence-corrected chi connectivity index (χ0v) is 20.2.